The zero-order valence-corrected chi connectivity index (χ0v) is 12.2. The van der Waals surface area contributed by atoms with Gasteiger partial charge in [-0.2, -0.15) is 0 Å². The SMILES string of the molecule is O=C(NCCNCc1ccccc1)[C@@H]1CC(SO)CN1. The third-order valence-corrected chi connectivity index (χ3v) is 3.99. The molecule has 1 fully saturated rings. The number of hydrogen-bond acceptors (Lipinski definition) is 5. The van der Waals surface area contributed by atoms with Gasteiger partial charge in [-0.05, 0) is 24.0 Å². The van der Waals surface area contributed by atoms with Crippen LogP contribution in [0.4, 0.5) is 0 Å². The van der Waals surface area contributed by atoms with Gasteiger partial charge in [-0.3, -0.25) is 4.79 Å². The molecular weight excluding hydrogens is 274 g/mol. The molecule has 1 unspecified atom stereocenters. The normalized spacial score (nSPS) is 21.9. The van der Waals surface area contributed by atoms with Gasteiger partial charge in [-0.1, -0.05) is 30.3 Å². The second-order valence-electron chi connectivity index (χ2n) is 4.88. The van der Waals surface area contributed by atoms with Crippen LogP contribution in [0.25, 0.3) is 0 Å². The average Bonchev–Trinajstić information content (AvgIpc) is 2.97. The van der Waals surface area contributed by atoms with Crippen LogP contribution >= 0.6 is 12.0 Å². The summed E-state index contributed by atoms with van der Waals surface area (Å²) in [5, 5.41) is 9.43. The van der Waals surface area contributed by atoms with Crippen molar-refractivity contribution in [1.29, 1.82) is 0 Å². The summed E-state index contributed by atoms with van der Waals surface area (Å²) in [6.07, 6.45) is 0.685. The van der Waals surface area contributed by atoms with Crippen LogP contribution in [0.1, 0.15) is 12.0 Å². The second-order valence-corrected chi connectivity index (χ2v) is 5.75. The summed E-state index contributed by atoms with van der Waals surface area (Å²) >= 11 is 0.828. The average molecular weight is 295 g/mol. The van der Waals surface area contributed by atoms with Gasteiger partial charge < -0.3 is 20.5 Å². The predicted molar refractivity (Wildman–Crippen MR) is 81.6 cm³/mol. The Bertz CT molecular complexity index is 416. The lowest BCUT2D eigenvalue weighted by molar-refractivity contribution is -0.122. The van der Waals surface area contributed by atoms with Crippen molar-refractivity contribution in [3.8, 4) is 0 Å². The third-order valence-electron chi connectivity index (χ3n) is 3.33. The van der Waals surface area contributed by atoms with Crippen molar-refractivity contribution in [3.05, 3.63) is 35.9 Å². The van der Waals surface area contributed by atoms with E-state index in [9.17, 15) is 4.79 Å². The molecular formula is C14H21N3O2S. The number of amides is 1. The van der Waals surface area contributed by atoms with Crippen molar-refractivity contribution in [2.45, 2.75) is 24.3 Å². The molecule has 0 aliphatic carbocycles. The predicted octanol–water partition coefficient (Wildman–Crippen LogP) is 0.829. The maximum Gasteiger partial charge on any atom is 0.237 e. The van der Waals surface area contributed by atoms with Crippen molar-refractivity contribution in [1.82, 2.24) is 16.0 Å². The van der Waals surface area contributed by atoms with Gasteiger partial charge in [0.05, 0.1) is 6.04 Å². The van der Waals surface area contributed by atoms with Gasteiger partial charge >= 0.3 is 0 Å². The minimum atomic E-state index is -0.172. The molecule has 0 saturated carbocycles. The summed E-state index contributed by atoms with van der Waals surface area (Å²) in [5.74, 6) is 0.0167. The van der Waals surface area contributed by atoms with Gasteiger partial charge in [0.15, 0.2) is 0 Å². The summed E-state index contributed by atoms with van der Waals surface area (Å²) in [4.78, 5) is 11.8. The van der Waals surface area contributed by atoms with Crippen molar-refractivity contribution in [2.24, 2.45) is 0 Å². The van der Waals surface area contributed by atoms with Crippen molar-refractivity contribution >= 4 is 17.9 Å². The van der Waals surface area contributed by atoms with Crippen LogP contribution < -0.4 is 16.0 Å². The molecule has 1 amide bonds. The summed E-state index contributed by atoms with van der Waals surface area (Å²) in [6, 6.07) is 9.99. The topological polar surface area (TPSA) is 73.4 Å². The maximum atomic E-state index is 11.8. The second kappa shape index (κ2) is 8.26. The number of rotatable bonds is 7. The quantitative estimate of drug-likeness (QED) is 0.443. The molecule has 1 aromatic rings. The highest BCUT2D eigenvalue weighted by Gasteiger charge is 2.29. The van der Waals surface area contributed by atoms with Gasteiger partial charge in [-0.25, -0.2) is 0 Å². The molecule has 0 radical (unpaired) electrons. The minimum absolute atomic E-state index is 0.0167. The first-order chi connectivity index (χ1) is 9.79. The molecule has 1 heterocycles. The molecule has 2 atom stereocenters. The zero-order valence-electron chi connectivity index (χ0n) is 11.3. The first-order valence-electron chi connectivity index (χ1n) is 6.85. The van der Waals surface area contributed by atoms with Crippen LogP contribution in [0.3, 0.4) is 0 Å². The van der Waals surface area contributed by atoms with E-state index in [1.165, 1.54) is 5.56 Å². The fourth-order valence-corrected chi connectivity index (χ4v) is 2.66. The molecule has 1 aliphatic rings. The first kappa shape index (κ1) is 15.3. The van der Waals surface area contributed by atoms with E-state index in [1.807, 2.05) is 18.2 Å². The Morgan fingerprint density at radius 3 is 2.85 bits per heavy atom. The number of nitrogens with one attached hydrogen (secondary N) is 3. The minimum Gasteiger partial charge on any atom is -0.353 e. The van der Waals surface area contributed by atoms with E-state index in [0.717, 1.165) is 25.1 Å². The van der Waals surface area contributed by atoms with E-state index in [2.05, 4.69) is 28.1 Å². The van der Waals surface area contributed by atoms with Crippen molar-refractivity contribution < 1.29 is 9.35 Å². The Labute approximate surface area is 123 Å². The summed E-state index contributed by atoms with van der Waals surface area (Å²) in [7, 11) is 0. The van der Waals surface area contributed by atoms with Gasteiger partial charge in [-0.15, -0.1) is 0 Å². The number of carbonyl (C=O) groups is 1. The van der Waals surface area contributed by atoms with E-state index >= 15 is 0 Å². The lowest BCUT2D eigenvalue weighted by Gasteiger charge is -2.11. The van der Waals surface area contributed by atoms with Gasteiger partial charge in [0.1, 0.15) is 0 Å². The molecule has 0 aromatic heterocycles. The third kappa shape index (κ3) is 4.79. The van der Waals surface area contributed by atoms with Crippen LogP contribution in [-0.2, 0) is 11.3 Å². The lowest BCUT2D eigenvalue weighted by atomic mass is 10.2. The Kier molecular flexibility index (Phi) is 6.32. The fourth-order valence-electron chi connectivity index (χ4n) is 2.21. The molecule has 20 heavy (non-hydrogen) atoms. The number of hydrogen-bond donors (Lipinski definition) is 4. The van der Waals surface area contributed by atoms with E-state index in [-0.39, 0.29) is 17.2 Å². The fraction of sp³-hybridized carbons (Fsp3) is 0.500. The van der Waals surface area contributed by atoms with Crippen molar-refractivity contribution in [2.75, 3.05) is 19.6 Å². The lowest BCUT2D eigenvalue weighted by Crippen LogP contribution is -2.42. The highest BCUT2D eigenvalue weighted by Crippen LogP contribution is 2.17. The van der Waals surface area contributed by atoms with Gasteiger partial charge in [0.2, 0.25) is 5.91 Å². The molecule has 110 valence electrons. The van der Waals surface area contributed by atoms with E-state index in [0.29, 0.717) is 19.5 Å². The Morgan fingerprint density at radius 2 is 2.15 bits per heavy atom. The molecule has 6 heteroatoms. The number of benzene rings is 1. The Morgan fingerprint density at radius 1 is 1.35 bits per heavy atom. The van der Waals surface area contributed by atoms with Gasteiger partial charge in [0, 0.05) is 31.4 Å². The highest BCUT2D eigenvalue weighted by atomic mass is 32.2. The standard InChI is InChI=1S/C14H21N3O2S/c18-14(13-8-12(20-19)10-17-13)16-7-6-15-9-11-4-2-1-3-5-11/h1-5,12-13,15,17,19H,6-10H2,(H,16,18)/t12?,13-/m0/s1. The highest BCUT2D eigenvalue weighted by molar-refractivity contribution is 7.94. The Balaban J connectivity index is 1.56. The van der Waals surface area contributed by atoms with E-state index in [1.54, 1.807) is 0 Å². The summed E-state index contributed by atoms with van der Waals surface area (Å²) in [6.45, 7) is 2.85. The largest absolute Gasteiger partial charge is 0.353 e. The van der Waals surface area contributed by atoms with Crippen molar-refractivity contribution in [3.63, 3.8) is 0 Å². The molecule has 0 spiro atoms. The van der Waals surface area contributed by atoms with Crippen LogP contribution in [-0.4, -0.2) is 41.4 Å². The summed E-state index contributed by atoms with van der Waals surface area (Å²) in [5.41, 5.74) is 1.24. The van der Waals surface area contributed by atoms with Crippen LogP contribution in [0, 0.1) is 0 Å². The molecule has 0 bridgehead atoms. The molecule has 2 rings (SSSR count). The monoisotopic (exact) mass is 295 g/mol. The zero-order chi connectivity index (χ0) is 14.2. The van der Waals surface area contributed by atoms with Gasteiger partial charge in [0.25, 0.3) is 0 Å². The van der Waals surface area contributed by atoms with E-state index in [4.69, 9.17) is 4.55 Å². The number of carbonyl (C=O) groups excluding carboxylic acids is 1. The first-order valence-corrected chi connectivity index (χ1v) is 7.69. The molecule has 1 aliphatic heterocycles. The molecule has 1 aromatic carbocycles. The molecule has 1 saturated heterocycles. The maximum absolute atomic E-state index is 11.8. The van der Waals surface area contributed by atoms with E-state index < -0.39 is 0 Å². The van der Waals surface area contributed by atoms with Crippen LogP contribution in [0.5, 0.6) is 0 Å². The molecule has 4 N–H and O–H groups in total. The van der Waals surface area contributed by atoms with Crippen LogP contribution in [0.15, 0.2) is 30.3 Å². The summed E-state index contributed by atoms with van der Waals surface area (Å²) < 4.78 is 8.95. The Hall–Kier alpha value is -1.08. The smallest absolute Gasteiger partial charge is 0.237 e. The molecule has 5 nitrogen and oxygen atoms in total. The van der Waals surface area contributed by atoms with Crippen LogP contribution in [0.2, 0.25) is 0 Å².